The van der Waals surface area contributed by atoms with Gasteiger partial charge in [-0.25, -0.2) is 4.79 Å². The van der Waals surface area contributed by atoms with Gasteiger partial charge >= 0.3 is 5.69 Å². The Bertz CT molecular complexity index is 788. The monoisotopic (exact) mass is 300 g/mol. The molecule has 0 saturated heterocycles. The summed E-state index contributed by atoms with van der Waals surface area (Å²) < 4.78 is 1.49. The molecule has 1 saturated carbocycles. The van der Waals surface area contributed by atoms with Crippen molar-refractivity contribution in [2.75, 3.05) is 0 Å². The topological polar surface area (TPSA) is 54.9 Å². The van der Waals surface area contributed by atoms with Crippen LogP contribution in [0.15, 0.2) is 33.9 Å². The van der Waals surface area contributed by atoms with Gasteiger partial charge in [-0.2, -0.15) is 0 Å². The number of hydrogen-bond donors (Lipinski definition) is 1. The maximum absolute atomic E-state index is 12.9. The summed E-state index contributed by atoms with van der Waals surface area (Å²) in [7, 11) is 0. The number of fused-ring (bicyclic) bond motifs is 1. The number of hydrogen-bond acceptors (Lipinski definition) is 2. The molecule has 0 bridgehead atoms. The van der Waals surface area contributed by atoms with Crippen LogP contribution in [-0.2, 0) is 0 Å². The van der Waals surface area contributed by atoms with E-state index in [0.717, 1.165) is 12.8 Å². The van der Waals surface area contributed by atoms with E-state index in [1.54, 1.807) is 12.1 Å². The number of aromatic nitrogens is 2. The van der Waals surface area contributed by atoms with Crippen molar-refractivity contribution in [2.45, 2.75) is 46.1 Å². The fourth-order valence-corrected chi connectivity index (χ4v) is 3.93. The highest BCUT2D eigenvalue weighted by molar-refractivity contribution is 5.76. The molecule has 0 amide bonds. The maximum atomic E-state index is 12.9. The Morgan fingerprint density at radius 2 is 1.91 bits per heavy atom. The highest BCUT2D eigenvalue weighted by Crippen LogP contribution is 2.39. The lowest BCUT2D eigenvalue weighted by Crippen LogP contribution is -2.43. The average molecular weight is 300 g/mol. The molecule has 3 atom stereocenters. The van der Waals surface area contributed by atoms with Crippen LogP contribution in [0.5, 0.6) is 0 Å². The van der Waals surface area contributed by atoms with Gasteiger partial charge in [0.05, 0.1) is 10.9 Å². The zero-order valence-electron chi connectivity index (χ0n) is 13.5. The van der Waals surface area contributed by atoms with Gasteiger partial charge in [-0.05, 0) is 42.7 Å². The second kappa shape index (κ2) is 5.75. The van der Waals surface area contributed by atoms with Crippen LogP contribution in [0.3, 0.4) is 0 Å². The first-order valence-electron chi connectivity index (χ1n) is 8.22. The molecule has 2 aromatic rings. The van der Waals surface area contributed by atoms with E-state index >= 15 is 0 Å². The second-order valence-corrected chi connectivity index (χ2v) is 7.04. The average Bonchev–Trinajstić information content (AvgIpc) is 2.47. The largest absolute Gasteiger partial charge is 0.329 e. The van der Waals surface area contributed by atoms with Crippen LogP contribution >= 0.6 is 0 Å². The Balaban J connectivity index is 2.19. The number of aromatic amines is 1. The quantitative estimate of drug-likeness (QED) is 0.925. The summed E-state index contributed by atoms with van der Waals surface area (Å²) in [4.78, 5) is 28.3. The summed E-state index contributed by atoms with van der Waals surface area (Å²) in [5.41, 5.74) is 0.205. The number of nitrogens with zero attached hydrogens (tertiary/aromatic N) is 1. The van der Waals surface area contributed by atoms with Crippen LogP contribution in [0.1, 0.15) is 46.1 Å². The lowest BCUT2D eigenvalue weighted by Gasteiger charge is -2.37. The minimum absolute atomic E-state index is 0.00426. The molecule has 0 unspecified atom stereocenters. The van der Waals surface area contributed by atoms with Gasteiger partial charge in [-0.15, -0.1) is 0 Å². The molecule has 0 spiro atoms. The molecule has 1 aromatic heterocycles. The predicted octanol–water partition coefficient (Wildman–Crippen LogP) is 3.32. The van der Waals surface area contributed by atoms with E-state index < -0.39 is 0 Å². The Hall–Kier alpha value is -1.84. The fraction of sp³-hybridized carbons (Fsp3) is 0.556. The van der Waals surface area contributed by atoms with Crippen molar-refractivity contribution in [3.05, 3.63) is 45.1 Å². The molecule has 0 radical (unpaired) electrons. The lowest BCUT2D eigenvalue weighted by molar-refractivity contribution is 0.143. The van der Waals surface area contributed by atoms with Crippen molar-refractivity contribution >= 4 is 10.9 Å². The van der Waals surface area contributed by atoms with Crippen LogP contribution in [0.25, 0.3) is 10.9 Å². The minimum Gasteiger partial charge on any atom is -0.307 e. The molecule has 1 aliphatic rings. The van der Waals surface area contributed by atoms with Gasteiger partial charge in [-0.1, -0.05) is 39.3 Å². The van der Waals surface area contributed by atoms with Crippen molar-refractivity contribution in [2.24, 2.45) is 17.8 Å². The summed E-state index contributed by atoms with van der Waals surface area (Å²) in [6.07, 6.45) is 3.17. The van der Waals surface area contributed by atoms with Crippen molar-refractivity contribution in [1.29, 1.82) is 0 Å². The van der Waals surface area contributed by atoms with Gasteiger partial charge in [-0.3, -0.25) is 9.36 Å². The van der Waals surface area contributed by atoms with Crippen LogP contribution in [0.4, 0.5) is 0 Å². The second-order valence-electron chi connectivity index (χ2n) is 7.04. The number of H-pyrrole nitrogens is 1. The Morgan fingerprint density at radius 3 is 2.64 bits per heavy atom. The third-order valence-corrected chi connectivity index (χ3v) is 5.16. The molecule has 1 heterocycles. The molecule has 3 rings (SSSR count). The predicted molar refractivity (Wildman–Crippen MR) is 89.2 cm³/mol. The highest BCUT2D eigenvalue weighted by Gasteiger charge is 2.33. The van der Waals surface area contributed by atoms with Crippen LogP contribution < -0.4 is 11.2 Å². The molecule has 1 aliphatic carbocycles. The van der Waals surface area contributed by atoms with Gasteiger partial charge in [0.2, 0.25) is 0 Å². The molecule has 0 aliphatic heterocycles. The minimum atomic E-state index is -0.270. The smallest absolute Gasteiger partial charge is 0.307 e. The molecular formula is C18H24N2O2. The number of nitrogens with one attached hydrogen (secondary N) is 1. The third kappa shape index (κ3) is 2.51. The zero-order chi connectivity index (χ0) is 15.9. The normalized spacial score (nSPS) is 25.7. The zero-order valence-corrected chi connectivity index (χ0v) is 13.5. The van der Waals surface area contributed by atoms with Crippen LogP contribution in [0, 0.1) is 17.8 Å². The third-order valence-electron chi connectivity index (χ3n) is 5.16. The van der Waals surface area contributed by atoms with E-state index in [4.69, 9.17) is 0 Å². The summed E-state index contributed by atoms with van der Waals surface area (Å²) >= 11 is 0. The van der Waals surface area contributed by atoms with Crippen LogP contribution in [0.2, 0.25) is 0 Å². The summed E-state index contributed by atoms with van der Waals surface area (Å²) in [6, 6.07) is 7.26. The molecule has 1 aromatic carbocycles. The summed E-state index contributed by atoms with van der Waals surface area (Å²) in [6.45, 7) is 6.59. The van der Waals surface area contributed by atoms with E-state index in [1.807, 2.05) is 12.1 Å². The Kier molecular flexibility index (Phi) is 3.94. The fourth-order valence-electron chi connectivity index (χ4n) is 3.93. The molecule has 4 nitrogen and oxygen atoms in total. The summed E-state index contributed by atoms with van der Waals surface area (Å²) in [5.74, 6) is 1.41. The standard InChI is InChI=1S/C18H24N2O2/c1-11(2)13-9-8-12(3)10-16(13)20-17(21)14-6-4-5-7-15(14)19-18(20)22/h4-7,11-13,16H,8-10H2,1-3H3,(H,19,22)/t12-,13+,16-/m1/s1. The molecular weight excluding hydrogens is 276 g/mol. The van der Waals surface area contributed by atoms with E-state index in [9.17, 15) is 9.59 Å². The van der Waals surface area contributed by atoms with Crippen molar-refractivity contribution < 1.29 is 0 Å². The van der Waals surface area contributed by atoms with Gasteiger partial charge in [0.1, 0.15) is 0 Å². The number of para-hydroxylation sites is 1. The lowest BCUT2D eigenvalue weighted by atomic mass is 9.74. The van der Waals surface area contributed by atoms with E-state index in [2.05, 4.69) is 25.8 Å². The van der Waals surface area contributed by atoms with E-state index in [-0.39, 0.29) is 17.3 Å². The first-order chi connectivity index (χ1) is 10.5. The molecule has 1 N–H and O–H groups in total. The Labute approximate surface area is 130 Å². The molecule has 1 fully saturated rings. The van der Waals surface area contributed by atoms with Gasteiger partial charge in [0.15, 0.2) is 0 Å². The molecule has 118 valence electrons. The first-order valence-corrected chi connectivity index (χ1v) is 8.22. The summed E-state index contributed by atoms with van der Waals surface area (Å²) in [5, 5.41) is 0.600. The van der Waals surface area contributed by atoms with E-state index in [1.165, 1.54) is 11.0 Å². The number of benzene rings is 1. The highest BCUT2D eigenvalue weighted by atomic mass is 16.2. The van der Waals surface area contributed by atoms with Crippen molar-refractivity contribution in [3.63, 3.8) is 0 Å². The van der Waals surface area contributed by atoms with Crippen molar-refractivity contribution in [3.8, 4) is 0 Å². The molecule has 4 heteroatoms. The van der Waals surface area contributed by atoms with Gasteiger partial charge in [0, 0.05) is 6.04 Å². The van der Waals surface area contributed by atoms with Crippen molar-refractivity contribution in [1.82, 2.24) is 9.55 Å². The van der Waals surface area contributed by atoms with Gasteiger partial charge < -0.3 is 4.98 Å². The first kappa shape index (κ1) is 15.1. The van der Waals surface area contributed by atoms with Gasteiger partial charge in [0.25, 0.3) is 5.56 Å². The van der Waals surface area contributed by atoms with E-state index in [0.29, 0.717) is 28.7 Å². The molecule has 22 heavy (non-hydrogen) atoms. The maximum Gasteiger partial charge on any atom is 0.329 e. The Morgan fingerprint density at radius 1 is 1.18 bits per heavy atom. The number of rotatable bonds is 2. The van der Waals surface area contributed by atoms with Crippen LogP contribution in [-0.4, -0.2) is 9.55 Å². The SMILES string of the molecule is CC(C)[C@@H]1CC[C@@H](C)C[C@H]1n1c(=O)[nH]c2ccccc2c1=O.